The summed E-state index contributed by atoms with van der Waals surface area (Å²) in [5, 5.41) is 2.81. The number of nitrogens with zero attached hydrogens (tertiary/aromatic N) is 1. The van der Waals surface area contributed by atoms with Gasteiger partial charge in [0.1, 0.15) is 0 Å². The predicted octanol–water partition coefficient (Wildman–Crippen LogP) is 4.94. The summed E-state index contributed by atoms with van der Waals surface area (Å²) in [6.45, 7) is 0. The normalized spacial score (nSPS) is 10.8. The number of para-hydroxylation sites is 1. The number of thioether (sulfide) groups is 1. The standard InChI is InChI=1S/C22H17N3O2S2/c23-20(26)15-9-11-17(12-10-15)24-21(27)16-7-5-14(6-8-16)13-28-22-25-18-3-1-2-4-19(18)29-22/h1-12H,13H2,(H2,23,26)(H,24,27). The second-order valence-electron chi connectivity index (χ2n) is 6.33. The Hall–Kier alpha value is -3.16. The number of carbonyl (C=O) groups excluding carboxylic acids is 2. The Kier molecular flexibility index (Phi) is 5.59. The number of fused-ring (bicyclic) bond motifs is 1. The second-order valence-corrected chi connectivity index (χ2v) is 8.58. The molecular formula is C22H17N3O2S2. The fourth-order valence-electron chi connectivity index (χ4n) is 2.73. The third kappa shape index (κ3) is 4.64. The Labute approximate surface area is 176 Å². The van der Waals surface area contributed by atoms with E-state index in [4.69, 9.17) is 5.73 Å². The van der Waals surface area contributed by atoms with Crippen LogP contribution in [0.5, 0.6) is 0 Å². The van der Waals surface area contributed by atoms with Crippen LogP contribution >= 0.6 is 23.1 Å². The summed E-state index contributed by atoms with van der Waals surface area (Å²) in [5.41, 5.74) is 8.94. The topological polar surface area (TPSA) is 85.1 Å². The molecule has 0 aliphatic carbocycles. The molecule has 1 heterocycles. The molecule has 1 aromatic heterocycles. The molecule has 4 aromatic rings. The highest BCUT2D eigenvalue weighted by molar-refractivity contribution is 8.00. The van der Waals surface area contributed by atoms with Crippen LogP contribution in [-0.2, 0) is 5.75 Å². The van der Waals surface area contributed by atoms with E-state index >= 15 is 0 Å². The molecule has 0 aliphatic heterocycles. The van der Waals surface area contributed by atoms with Gasteiger partial charge in [-0.2, -0.15) is 0 Å². The van der Waals surface area contributed by atoms with Crippen molar-refractivity contribution in [1.29, 1.82) is 0 Å². The summed E-state index contributed by atoms with van der Waals surface area (Å²) >= 11 is 3.38. The van der Waals surface area contributed by atoms with Gasteiger partial charge in [0.2, 0.25) is 5.91 Å². The lowest BCUT2D eigenvalue weighted by atomic mass is 10.1. The van der Waals surface area contributed by atoms with Crippen molar-refractivity contribution in [3.8, 4) is 0 Å². The summed E-state index contributed by atoms with van der Waals surface area (Å²) in [4.78, 5) is 28.1. The molecule has 0 aliphatic rings. The zero-order valence-corrected chi connectivity index (χ0v) is 16.9. The number of carbonyl (C=O) groups is 2. The lowest BCUT2D eigenvalue weighted by Gasteiger charge is -2.07. The first-order valence-electron chi connectivity index (χ1n) is 8.87. The van der Waals surface area contributed by atoms with Gasteiger partial charge in [0, 0.05) is 22.6 Å². The molecule has 0 saturated carbocycles. The van der Waals surface area contributed by atoms with Crippen LogP contribution < -0.4 is 11.1 Å². The average molecular weight is 420 g/mol. The Morgan fingerprint density at radius 1 is 0.931 bits per heavy atom. The molecule has 0 saturated heterocycles. The van der Waals surface area contributed by atoms with Crippen molar-refractivity contribution >= 4 is 50.8 Å². The molecule has 2 amide bonds. The fourth-order valence-corrected chi connectivity index (χ4v) is 4.76. The van der Waals surface area contributed by atoms with Gasteiger partial charge in [0.25, 0.3) is 5.91 Å². The SMILES string of the molecule is NC(=O)c1ccc(NC(=O)c2ccc(CSc3nc4ccccc4s3)cc2)cc1. The number of rotatable bonds is 6. The van der Waals surface area contributed by atoms with Gasteiger partial charge in [-0.05, 0) is 54.1 Å². The Balaban J connectivity index is 1.36. The van der Waals surface area contributed by atoms with Crippen LogP contribution in [0, 0.1) is 0 Å². The molecule has 0 atom stereocenters. The van der Waals surface area contributed by atoms with Crippen molar-refractivity contribution < 1.29 is 9.59 Å². The van der Waals surface area contributed by atoms with E-state index < -0.39 is 5.91 Å². The van der Waals surface area contributed by atoms with Crippen molar-refractivity contribution in [1.82, 2.24) is 4.98 Å². The molecule has 0 spiro atoms. The number of primary amides is 1. The lowest BCUT2D eigenvalue weighted by molar-refractivity contribution is 0.0998. The van der Waals surface area contributed by atoms with Gasteiger partial charge < -0.3 is 11.1 Å². The van der Waals surface area contributed by atoms with Crippen molar-refractivity contribution in [3.05, 3.63) is 89.5 Å². The summed E-state index contributed by atoms with van der Waals surface area (Å²) in [6, 6.07) is 22.1. The molecule has 0 radical (unpaired) electrons. The molecule has 5 nitrogen and oxygen atoms in total. The van der Waals surface area contributed by atoms with E-state index in [0.29, 0.717) is 16.8 Å². The van der Waals surface area contributed by atoms with Crippen LogP contribution in [-0.4, -0.2) is 16.8 Å². The minimum Gasteiger partial charge on any atom is -0.366 e. The maximum absolute atomic E-state index is 12.4. The van der Waals surface area contributed by atoms with E-state index in [1.165, 1.54) is 4.70 Å². The van der Waals surface area contributed by atoms with Gasteiger partial charge in [-0.3, -0.25) is 9.59 Å². The fraction of sp³-hybridized carbons (Fsp3) is 0.0455. The molecule has 4 rings (SSSR count). The quantitative estimate of drug-likeness (QED) is 0.434. The van der Waals surface area contributed by atoms with Crippen molar-refractivity contribution in [2.45, 2.75) is 10.1 Å². The first kappa shape index (κ1) is 19.2. The van der Waals surface area contributed by atoms with Crippen molar-refractivity contribution in [2.24, 2.45) is 5.73 Å². The summed E-state index contributed by atoms with van der Waals surface area (Å²) < 4.78 is 2.22. The van der Waals surface area contributed by atoms with E-state index in [9.17, 15) is 9.59 Å². The van der Waals surface area contributed by atoms with Crippen LogP contribution in [0.15, 0.2) is 77.1 Å². The number of aromatic nitrogens is 1. The average Bonchev–Trinajstić information content (AvgIpc) is 3.16. The van der Waals surface area contributed by atoms with Crippen molar-refractivity contribution in [3.63, 3.8) is 0 Å². The third-order valence-electron chi connectivity index (χ3n) is 4.28. The van der Waals surface area contributed by atoms with E-state index in [2.05, 4.69) is 16.4 Å². The molecule has 7 heteroatoms. The second kappa shape index (κ2) is 8.46. The molecule has 29 heavy (non-hydrogen) atoms. The highest BCUT2D eigenvalue weighted by atomic mass is 32.2. The van der Waals surface area contributed by atoms with E-state index in [0.717, 1.165) is 21.2 Å². The summed E-state index contributed by atoms with van der Waals surface area (Å²) in [7, 11) is 0. The highest BCUT2D eigenvalue weighted by Crippen LogP contribution is 2.31. The number of thiazole rings is 1. The van der Waals surface area contributed by atoms with Crippen LogP contribution in [0.3, 0.4) is 0 Å². The smallest absolute Gasteiger partial charge is 0.255 e. The Bertz CT molecular complexity index is 1140. The van der Waals surface area contributed by atoms with Gasteiger partial charge >= 0.3 is 0 Å². The van der Waals surface area contributed by atoms with E-state index in [1.54, 1.807) is 59.5 Å². The summed E-state index contributed by atoms with van der Waals surface area (Å²) in [5.74, 6) is 0.0837. The third-order valence-corrected chi connectivity index (χ3v) is 6.53. The number of anilines is 1. The number of nitrogens with one attached hydrogen (secondary N) is 1. The maximum atomic E-state index is 12.4. The van der Waals surface area contributed by atoms with Crippen LogP contribution in [0.1, 0.15) is 26.3 Å². The first-order chi connectivity index (χ1) is 14.1. The molecular weight excluding hydrogens is 402 g/mol. The molecule has 3 aromatic carbocycles. The van der Waals surface area contributed by atoms with Crippen molar-refractivity contribution in [2.75, 3.05) is 5.32 Å². The highest BCUT2D eigenvalue weighted by Gasteiger charge is 2.08. The zero-order chi connectivity index (χ0) is 20.2. The zero-order valence-electron chi connectivity index (χ0n) is 15.3. The van der Waals surface area contributed by atoms with Gasteiger partial charge in [-0.25, -0.2) is 4.98 Å². The maximum Gasteiger partial charge on any atom is 0.255 e. The van der Waals surface area contributed by atoms with Crippen LogP contribution in [0.25, 0.3) is 10.2 Å². The molecule has 0 fully saturated rings. The minimum atomic E-state index is -0.498. The number of hydrogen-bond acceptors (Lipinski definition) is 5. The predicted molar refractivity (Wildman–Crippen MR) is 119 cm³/mol. The molecule has 0 unspecified atom stereocenters. The summed E-state index contributed by atoms with van der Waals surface area (Å²) in [6.07, 6.45) is 0. The van der Waals surface area contributed by atoms with E-state index in [1.807, 2.05) is 30.3 Å². The monoisotopic (exact) mass is 419 g/mol. The first-order valence-corrected chi connectivity index (χ1v) is 10.7. The van der Waals surface area contributed by atoms with Gasteiger partial charge in [0.05, 0.1) is 10.2 Å². The number of nitrogens with two attached hydrogens (primary N) is 1. The lowest BCUT2D eigenvalue weighted by Crippen LogP contribution is -2.13. The molecule has 3 N–H and O–H groups in total. The number of amides is 2. The number of benzene rings is 3. The van der Waals surface area contributed by atoms with Gasteiger partial charge in [-0.15, -0.1) is 11.3 Å². The van der Waals surface area contributed by atoms with Gasteiger partial charge in [0.15, 0.2) is 4.34 Å². The molecule has 0 bridgehead atoms. The largest absolute Gasteiger partial charge is 0.366 e. The van der Waals surface area contributed by atoms with Gasteiger partial charge in [-0.1, -0.05) is 36.0 Å². The minimum absolute atomic E-state index is 0.206. The number of hydrogen-bond donors (Lipinski definition) is 2. The van der Waals surface area contributed by atoms with E-state index in [-0.39, 0.29) is 5.91 Å². The molecule has 144 valence electrons. The Morgan fingerprint density at radius 2 is 1.62 bits per heavy atom. The van der Waals surface area contributed by atoms with Crippen LogP contribution in [0.2, 0.25) is 0 Å². The van der Waals surface area contributed by atoms with Crippen LogP contribution in [0.4, 0.5) is 5.69 Å². The Morgan fingerprint density at radius 3 is 2.31 bits per heavy atom.